The first-order chi connectivity index (χ1) is 9.08. The fourth-order valence-electron chi connectivity index (χ4n) is 1.58. The number of esters is 2. The molecule has 1 saturated heterocycles. The lowest BCUT2D eigenvalue weighted by Crippen LogP contribution is -2.23. The maximum Gasteiger partial charge on any atom is 0.305 e. The van der Waals surface area contributed by atoms with Crippen molar-refractivity contribution < 1.29 is 28.5 Å². The van der Waals surface area contributed by atoms with Gasteiger partial charge in [-0.05, 0) is 6.42 Å². The van der Waals surface area contributed by atoms with Crippen LogP contribution in [0.25, 0.3) is 0 Å². The molecule has 0 aromatic heterocycles. The molecule has 0 aliphatic carbocycles. The van der Waals surface area contributed by atoms with Gasteiger partial charge < -0.3 is 18.9 Å². The number of carbonyl (C=O) groups is 2. The summed E-state index contributed by atoms with van der Waals surface area (Å²) in [6.07, 6.45) is 0.600. The molecular weight excluding hydrogens is 268 g/mol. The highest BCUT2D eigenvalue weighted by atomic mass is 28.2. The summed E-state index contributed by atoms with van der Waals surface area (Å²) in [7, 11) is -0.419. The van der Waals surface area contributed by atoms with Gasteiger partial charge >= 0.3 is 11.9 Å². The lowest BCUT2D eigenvalue weighted by molar-refractivity contribution is -0.181. The molecule has 6 nitrogen and oxygen atoms in total. The topological polar surface area (TPSA) is 74.4 Å². The van der Waals surface area contributed by atoms with Gasteiger partial charge in [0, 0.05) is 36.0 Å². The molecule has 0 bridgehead atoms. The normalized spacial score (nSPS) is 17.9. The van der Waals surface area contributed by atoms with Crippen LogP contribution in [0, 0.1) is 0 Å². The molecule has 1 unspecified atom stereocenters. The Labute approximate surface area is 115 Å². The summed E-state index contributed by atoms with van der Waals surface area (Å²) in [5.74, 6) is -0.846. The van der Waals surface area contributed by atoms with E-state index >= 15 is 0 Å². The Balaban J connectivity index is 1.98. The van der Waals surface area contributed by atoms with E-state index in [1.807, 2.05) is 0 Å². The Morgan fingerprint density at radius 3 is 2.47 bits per heavy atom. The van der Waals surface area contributed by atoms with Gasteiger partial charge in [0.05, 0.1) is 13.2 Å². The van der Waals surface area contributed by atoms with Gasteiger partial charge in [0.2, 0.25) is 6.29 Å². The molecule has 1 aliphatic heterocycles. The summed E-state index contributed by atoms with van der Waals surface area (Å²) in [6, 6.07) is 1.73. The predicted octanol–water partition coefficient (Wildman–Crippen LogP) is 0.250. The van der Waals surface area contributed by atoms with Gasteiger partial charge in [0.1, 0.15) is 6.10 Å². The average Bonchev–Trinajstić information content (AvgIpc) is 3.09. The van der Waals surface area contributed by atoms with Gasteiger partial charge in [-0.1, -0.05) is 6.04 Å². The van der Waals surface area contributed by atoms with Crippen LogP contribution in [0.3, 0.4) is 0 Å². The van der Waals surface area contributed by atoms with E-state index in [1.54, 1.807) is 0 Å². The van der Waals surface area contributed by atoms with Crippen molar-refractivity contribution in [3.8, 4) is 0 Å². The maximum absolute atomic E-state index is 10.8. The van der Waals surface area contributed by atoms with Crippen LogP contribution in [0.15, 0.2) is 0 Å². The molecule has 1 heterocycles. The predicted molar refractivity (Wildman–Crippen MR) is 70.7 cm³/mol. The van der Waals surface area contributed by atoms with Crippen LogP contribution in [0.1, 0.15) is 20.3 Å². The minimum absolute atomic E-state index is 0.314. The zero-order chi connectivity index (χ0) is 14.1. The second-order valence-electron chi connectivity index (χ2n) is 4.53. The van der Waals surface area contributed by atoms with E-state index in [9.17, 15) is 9.59 Å². The monoisotopic (exact) mass is 290 g/mol. The molecule has 110 valence electrons. The lowest BCUT2D eigenvalue weighted by atomic mass is 10.5. The van der Waals surface area contributed by atoms with Crippen LogP contribution in [0.2, 0.25) is 12.1 Å². The minimum Gasteiger partial charge on any atom is -0.426 e. The van der Waals surface area contributed by atoms with Gasteiger partial charge in [-0.2, -0.15) is 0 Å². The third-order valence-electron chi connectivity index (χ3n) is 2.53. The van der Waals surface area contributed by atoms with Gasteiger partial charge in [0.25, 0.3) is 0 Å². The summed E-state index contributed by atoms with van der Waals surface area (Å²) >= 11 is 0. The Bertz CT molecular complexity index is 276. The number of hydrogen-bond donors (Lipinski definition) is 0. The van der Waals surface area contributed by atoms with Crippen molar-refractivity contribution in [3.63, 3.8) is 0 Å². The van der Waals surface area contributed by atoms with Crippen LogP contribution in [0.4, 0.5) is 0 Å². The largest absolute Gasteiger partial charge is 0.426 e. The molecular formula is C12H22O6Si. The van der Waals surface area contributed by atoms with Crippen LogP contribution >= 0.6 is 0 Å². The molecule has 19 heavy (non-hydrogen) atoms. The molecule has 1 atom stereocenters. The highest BCUT2D eigenvalue weighted by Gasteiger charge is 2.22. The van der Waals surface area contributed by atoms with Crippen molar-refractivity contribution >= 4 is 21.5 Å². The lowest BCUT2D eigenvalue weighted by Gasteiger charge is -2.16. The summed E-state index contributed by atoms with van der Waals surface area (Å²) in [6.45, 7) is 4.86. The Morgan fingerprint density at radius 2 is 1.95 bits per heavy atom. The first-order valence-corrected chi connectivity index (χ1v) is 8.61. The molecule has 1 rings (SSSR count). The second kappa shape index (κ2) is 9.06. The third kappa shape index (κ3) is 9.63. The van der Waals surface area contributed by atoms with Crippen molar-refractivity contribution in [1.29, 1.82) is 0 Å². The number of carbonyl (C=O) groups excluding carboxylic acids is 2. The summed E-state index contributed by atoms with van der Waals surface area (Å²) < 4.78 is 20.3. The van der Waals surface area contributed by atoms with Crippen molar-refractivity contribution in [1.82, 2.24) is 0 Å². The number of rotatable bonds is 10. The van der Waals surface area contributed by atoms with E-state index in [0.717, 1.165) is 25.7 Å². The van der Waals surface area contributed by atoms with Gasteiger partial charge in [0.15, 0.2) is 0 Å². The molecule has 1 aliphatic rings. The number of hydrogen-bond acceptors (Lipinski definition) is 6. The second-order valence-corrected chi connectivity index (χ2v) is 6.52. The Morgan fingerprint density at radius 1 is 1.32 bits per heavy atom. The molecule has 0 spiro atoms. The summed E-state index contributed by atoms with van der Waals surface area (Å²) in [4.78, 5) is 21.7. The molecule has 0 radical (unpaired) electrons. The van der Waals surface area contributed by atoms with E-state index in [0.29, 0.717) is 18.8 Å². The Kier molecular flexibility index (Phi) is 7.69. The standard InChI is InChI=1S/C12H22O6Si/c1-9(13)17-12(18-10(2)14)8-19-5-3-4-15-6-11-7-16-11/h11-12H,3-8,19H2,1-2H3. The van der Waals surface area contributed by atoms with Crippen molar-refractivity contribution in [2.45, 2.75) is 44.8 Å². The van der Waals surface area contributed by atoms with Crippen molar-refractivity contribution in [2.75, 3.05) is 19.8 Å². The zero-order valence-corrected chi connectivity index (χ0v) is 13.0. The van der Waals surface area contributed by atoms with E-state index in [1.165, 1.54) is 13.8 Å². The molecule has 7 heteroatoms. The number of ether oxygens (including phenoxy) is 4. The molecule has 0 amide bonds. The number of epoxide rings is 1. The first kappa shape index (κ1) is 16.1. The summed E-state index contributed by atoms with van der Waals surface area (Å²) in [5, 5.41) is 0. The first-order valence-electron chi connectivity index (χ1n) is 6.61. The quantitative estimate of drug-likeness (QED) is 0.189. The Hall–Kier alpha value is -0.923. The van der Waals surface area contributed by atoms with Crippen LogP contribution in [0.5, 0.6) is 0 Å². The minimum atomic E-state index is -0.706. The molecule has 0 aromatic carbocycles. The zero-order valence-electron chi connectivity index (χ0n) is 11.6. The fraction of sp³-hybridized carbons (Fsp3) is 0.833. The van der Waals surface area contributed by atoms with Gasteiger partial charge in [-0.3, -0.25) is 9.59 Å². The van der Waals surface area contributed by atoms with Gasteiger partial charge in [-0.15, -0.1) is 0 Å². The van der Waals surface area contributed by atoms with Crippen molar-refractivity contribution in [2.24, 2.45) is 0 Å². The van der Waals surface area contributed by atoms with Crippen molar-refractivity contribution in [3.05, 3.63) is 0 Å². The molecule has 0 N–H and O–H groups in total. The highest BCUT2D eigenvalue weighted by molar-refractivity contribution is 6.35. The highest BCUT2D eigenvalue weighted by Crippen LogP contribution is 2.09. The summed E-state index contributed by atoms with van der Waals surface area (Å²) in [5.41, 5.74) is 0. The third-order valence-corrected chi connectivity index (χ3v) is 4.41. The van der Waals surface area contributed by atoms with E-state index in [2.05, 4.69) is 0 Å². The van der Waals surface area contributed by atoms with Crippen LogP contribution in [-0.4, -0.2) is 53.7 Å². The van der Waals surface area contributed by atoms with Crippen LogP contribution in [-0.2, 0) is 28.5 Å². The van der Waals surface area contributed by atoms with Crippen LogP contribution < -0.4 is 0 Å². The van der Waals surface area contributed by atoms with E-state index < -0.39 is 27.7 Å². The molecule has 0 saturated carbocycles. The SMILES string of the molecule is CC(=O)OC(C[SiH2]CCCOCC1CO1)OC(C)=O. The average molecular weight is 290 g/mol. The maximum atomic E-state index is 10.8. The van der Waals surface area contributed by atoms with E-state index in [-0.39, 0.29) is 0 Å². The van der Waals surface area contributed by atoms with E-state index in [4.69, 9.17) is 18.9 Å². The molecule has 1 fully saturated rings. The smallest absolute Gasteiger partial charge is 0.305 e. The molecule has 0 aromatic rings. The van der Waals surface area contributed by atoms with Gasteiger partial charge in [-0.25, -0.2) is 0 Å². The fourth-order valence-corrected chi connectivity index (χ4v) is 3.00.